The molecule has 1 heterocycles. The van der Waals surface area contributed by atoms with E-state index in [1.165, 1.54) is 11.8 Å². The van der Waals surface area contributed by atoms with Gasteiger partial charge in [-0.3, -0.25) is 14.2 Å². The van der Waals surface area contributed by atoms with Gasteiger partial charge in [0.25, 0.3) is 5.56 Å². The summed E-state index contributed by atoms with van der Waals surface area (Å²) in [5.74, 6) is 0.200. The van der Waals surface area contributed by atoms with Crippen LogP contribution >= 0.6 is 11.8 Å². The van der Waals surface area contributed by atoms with E-state index in [0.717, 1.165) is 0 Å². The maximum atomic E-state index is 12.8. The fourth-order valence-electron chi connectivity index (χ4n) is 2.40. The number of carbonyl (C=O) groups is 1. The number of rotatable bonds is 8. The first-order valence-corrected chi connectivity index (χ1v) is 9.25. The Kier molecular flexibility index (Phi) is 7.01. The van der Waals surface area contributed by atoms with Crippen LogP contribution in [-0.4, -0.2) is 41.0 Å². The molecule has 2 rings (SSSR count). The molecule has 0 aliphatic heterocycles. The minimum atomic E-state index is -0.358. The van der Waals surface area contributed by atoms with Gasteiger partial charge in [-0.05, 0) is 25.0 Å². The molecule has 0 radical (unpaired) electrons. The molecule has 0 fully saturated rings. The van der Waals surface area contributed by atoms with Crippen LogP contribution in [-0.2, 0) is 16.1 Å². The Bertz CT molecular complexity index is 789. The summed E-state index contributed by atoms with van der Waals surface area (Å²) in [6.07, 6.45) is 0. The van der Waals surface area contributed by atoms with Crippen molar-refractivity contribution >= 4 is 28.6 Å². The van der Waals surface area contributed by atoms with Gasteiger partial charge in [0.2, 0.25) is 5.91 Å². The maximum Gasteiger partial charge on any atom is 0.262 e. The summed E-state index contributed by atoms with van der Waals surface area (Å²) < 4.78 is 6.61. The average molecular weight is 363 g/mol. The summed E-state index contributed by atoms with van der Waals surface area (Å²) in [4.78, 5) is 29.7. The molecule has 0 saturated heterocycles. The summed E-state index contributed by atoms with van der Waals surface area (Å²) in [6, 6.07) is 7.31. The highest BCUT2D eigenvalue weighted by Crippen LogP contribution is 2.23. The summed E-state index contributed by atoms with van der Waals surface area (Å²) in [5.41, 5.74) is 0.593. The zero-order valence-corrected chi connectivity index (χ0v) is 15.9. The number of thioether (sulfide) groups is 1. The first-order valence-electron chi connectivity index (χ1n) is 8.37. The van der Waals surface area contributed by atoms with Crippen LogP contribution < -0.4 is 10.9 Å². The molecular weight excluding hydrogens is 338 g/mol. The highest BCUT2D eigenvalue weighted by molar-refractivity contribution is 8.00. The number of aromatic nitrogens is 2. The molecule has 1 amide bonds. The molecule has 0 aliphatic rings. The lowest BCUT2D eigenvalue weighted by atomic mass is 10.2. The van der Waals surface area contributed by atoms with Crippen LogP contribution in [0.15, 0.2) is 34.2 Å². The van der Waals surface area contributed by atoms with Crippen LogP contribution in [0.4, 0.5) is 0 Å². The van der Waals surface area contributed by atoms with Gasteiger partial charge in [-0.1, -0.05) is 37.7 Å². The van der Waals surface area contributed by atoms with E-state index in [1.54, 1.807) is 17.7 Å². The van der Waals surface area contributed by atoms with Gasteiger partial charge >= 0.3 is 0 Å². The third-order valence-electron chi connectivity index (χ3n) is 3.63. The molecule has 1 N–H and O–H groups in total. The summed E-state index contributed by atoms with van der Waals surface area (Å²) >= 11 is 1.31. The highest BCUT2D eigenvalue weighted by atomic mass is 32.2. The lowest BCUT2D eigenvalue weighted by Gasteiger charge is -2.17. The van der Waals surface area contributed by atoms with E-state index in [-0.39, 0.29) is 16.7 Å². The fraction of sp³-hybridized carbons (Fsp3) is 0.500. The van der Waals surface area contributed by atoms with E-state index >= 15 is 0 Å². The Labute approximate surface area is 152 Å². The average Bonchev–Trinajstić information content (AvgIpc) is 2.58. The van der Waals surface area contributed by atoms with Crippen LogP contribution in [0.1, 0.15) is 20.8 Å². The molecule has 0 spiro atoms. The van der Waals surface area contributed by atoms with Crippen molar-refractivity contribution in [2.24, 2.45) is 5.92 Å². The van der Waals surface area contributed by atoms with Crippen molar-refractivity contribution in [1.82, 2.24) is 14.9 Å². The number of fused-ring (bicyclic) bond motifs is 1. The van der Waals surface area contributed by atoms with E-state index in [2.05, 4.69) is 24.1 Å². The van der Waals surface area contributed by atoms with Gasteiger partial charge in [-0.25, -0.2) is 4.98 Å². The third-order valence-corrected chi connectivity index (χ3v) is 4.72. The number of nitrogens with zero attached hydrogens (tertiary/aromatic N) is 2. The second kappa shape index (κ2) is 9.01. The number of benzene rings is 1. The number of hydrogen-bond donors (Lipinski definition) is 1. The zero-order chi connectivity index (χ0) is 18.4. The SMILES string of the molecule is COCCNC(=O)[C@H](C)Sc1nc2ccccc2c(=O)n1CC(C)C. The molecular formula is C18H25N3O3S. The van der Waals surface area contributed by atoms with Gasteiger partial charge in [0, 0.05) is 20.2 Å². The first kappa shape index (κ1) is 19.5. The standard InChI is InChI=1S/C18H25N3O3S/c1-12(2)11-21-17(23)14-7-5-6-8-15(14)20-18(21)25-13(3)16(22)19-9-10-24-4/h5-8,12-13H,9-11H2,1-4H3,(H,19,22)/t13-/m0/s1. The Morgan fingerprint density at radius 2 is 2.04 bits per heavy atom. The van der Waals surface area contributed by atoms with Crippen LogP contribution in [0.25, 0.3) is 10.9 Å². The Balaban J connectivity index is 2.32. The molecule has 1 aromatic heterocycles. The van der Waals surface area contributed by atoms with E-state index in [0.29, 0.717) is 41.7 Å². The van der Waals surface area contributed by atoms with Gasteiger partial charge < -0.3 is 10.1 Å². The predicted octanol–water partition coefficient (Wildman–Crippen LogP) is 2.30. The number of ether oxygens (including phenoxy) is 1. The number of methoxy groups -OCH3 is 1. The number of nitrogens with one attached hydrogen (secondary N) is 1. The molecule has 0 saturated carbocycles. The monoisotopic (exact) mass is 363 g/mol. The molecule has 1 aromatic carbocycles. The van der Waals surface area contributed by atoms with Crippen molar-refractivity contribution in [3.05, 3.63) is 34.6 Å². The zero-order valence-electron chi connectivity index (χ0n) is 15.1. The van der Waals surface area contributed by atoms with Gasteiger partial charge in [-0.15, -0.1) is 0 Å². The lowest BCUT2D eigenvalue weighted by molar-refractivity contribution is -0.120. The summed E-state index contributed by atoms with van der Waals surface area (Å²) in [6.45, 7) is 7.42. The molecule has 136 valence electrons. The molecule has 0 unspecified atom stereocenters. The molecule has 0 bridgehead atoms. The predicted molar refractivity (Wildman–Crippen MR) is 101 cm³/mol. The van der Waals surface area contributed by atoms with Crippen LogP contribution in [0, 0.1) is 5.92 Å². The van der Waals surface area contributed by atoms with Crippen molar-refractivity contribution in [1.29, 1.82) is 0 Å². The van der Waals surface area contributed by atoms with E-state index in [4.69, 9.17) is 4.74 Å². The van der Waals surface area contributed by atoms with Gasteiger partial charge in [-0.2, -0.15) is 0 Å². The van der Waals surface area contributed by atoms with Crippen molar-refractivity contribution in [2.75, 3.05) is 20.3 Å². The molecule has 0 aliphatic carbocycles. The normalized spacial score (nSPS) is 12.5. The maximum absolute atomic E-state index is 12.8. The van der Waals surface area contributed by atoms with E-state index in [9.17, 15) is 9.59 Å². The smallest absolute Gasteiger partial charge is 0.262 e. The van der Waals surface area contributed by atoms with Crippen molar-refractivity contribution in [3.8, 4) is 0 Å². The van der Waals surface area contributed by atoms with Gasteiger partial charge in [0.15, 0.2) is 5.16 Å². The summed E-state index contributed by atoms with van der Waals surface area (Å²) in [5, 5.41) is 3.63. The van der Waals surface area contributed by atoms with Crippen LogP contribution in [0.3, 0.4) is 0 Å². The van der Waals surface area contributed by atoms with Crippen molar-refractivity contribution < 1.29 is 9.53 Å². The minimum absolute atomic E-state index is 0.0613. The summed E-state index contributed by atoms with van der Waals surface area (Å²) in [7, 11) is 1.59. The second-order valence-corrected chi connectivity index (χ2v) is 7.57. The largest absolute Gasteiger partial charge is 0.383 e. The quantitative estimate of drug-likeness (QED) is 0.443. The minimum Gasteiger partial charge on any atom is -0.383 e. The molecule has 7 heteroatoms. The van der Waals surface area contributed by atoms with Crippen molar-refractivity contribution in [2.45, 2.75) is 37.7 Å². The Morgan fingerprint density at radius 1 is 1.32 bits per heavy atom. The topological polar surface area (TPSA) is 73.2 Å². The lowest BCUT2D eigenvalue weighted by Crippen LogP contribution is -2.34. The van der Waals surface area contributed by atoms with Crippen LogP contribution in [0.5, 0.6) is 0 Å². The Hall–Kier alpha value is -1.86. The third kappa shape index (κ3) is 5.06. The second-order valence-electron chi connectivity index (χ2n) is 6.27. The number of amides is 1. The number of hydrogen-bond acceptors (Lipinski definition) is 5. The number of para-hydroxylation sites is 1. The molecule has 1 atom stereocenters. The van der Waals surface area contributed by atoms with Crippen LogP contribution in [0.2, 0.25) is 0 Å². The molecule has 2 aromatic rings. The van der Waals surface area contributed by atoms with Crippen molar-refractivity contribution in [3.63, 3.8) is 0 Å². The highest BCUT2D eigenvalue weighted by Gasteiger charge is 2.19. The Morgan fingerprint density at radius 3 is 2.72 bits per heavy atom. The number of carbonyl (C=O) groups excluding carboxylic acids is 1. The van der Waals surface area contributed by atoms with Gasteiger partial charge in [0.1, 0.15) is 0 Å². The van der Waals surface area contributed by atoms with Gasteiger partial charge in [0.05, 0.1) is 22.8 Å². The van der Waals surface area contributed by atoms with E-state index in [1.807, 2.05) is 25.1 Å². The molecule has 6 nitrogen and oxygen atoms in total. The van der Waals surface area contributed by atoms with E-state index < -0.39 is 0 Å². The fourth-order valence-corrected chi connectivity index (χ4v) is 3.34. The molecule has 25 heavy (non-hydrogen) atoms. The first-order chi connectivity index (χ1) is 11.9.